The number of aryl methyl sites for hydroxylation is 1. The molecular formula is C19H17N5S. The van der Waals surface area contributed by atoms with Crippen LogP contribution >= 0.6 is 11.3 Å². The average Bonchev–Trinajstić information content (AvgIpc) is 3.21. The molecule has 0 fully saturated rings. The quantitative estimate of drug-likeness (QED) is 0.573. The van der Waals surface area contributed by atoms with Crippen molar-refractivity contribution in [3.8, 4) is 21.8 Å². The number of imidazole rings is 1. The molecule has 1 aliphatic heterocycles. The molecule has 4 heterocycles. The van der Waals surface area contributed by atoms with E-state index in [1.54, 1.807) is 11.3 Å². The first-order valence-electron chi connectivity index (χ1n) is 8.32. The summed E-state index contributed by atoms with van der Waals surface area (Å²) in [6.07, 6.45) is 3.65. The second-order valence-electron chi connectivity index (χ2n) is 6.09. The molecule has 1 aliphatic rings. The predicted molar refractivity (Wildman–Crippen MR) is 104 cm³/mol. The Morgan fingerprint density at radius 1 is 1.08 bits per heavy atom. The number of thiophene rings is 1. The first-order chi connectivity index (χ1) is 12.3. The van der Waals surface area contributed by atoms with Gasteiger partial charge < -0.3 is 10.7 Å². The third kappa shape index (κ3) is 2.21. The molecule has 1 aromatic carbocycles. The highest BCUT2D eigenvalue weighted by Crippen LogP contribution is 2.42. The average molecular weight is 347 g/mol. The van der Waals surface area contributed by atoms with E-state index in [9.17, 15) is 0 Å². The number of pyridine rings is 1. The van der Waals surface area contributed by atoms with Gasteiger partial charge in [0.1, 0.15) is 11.4 Å². The van der Waals surface area contributed by atoms with Gasteiger partial charge >= 0.3 is 0 Å². The van der Waals surface area contributed by atoms with Crippen LogP contribution in [-0.4, -0.2) is 27.7 Å². The Balaban J connectivity index is 1.81. The van der Waals surface area contributed by atoms with Gasteiger partial charge in [0.25, 0.3) is 0 Å². The Labute approximate surface area is 149 Å². The van der Waals surface area contributed by atoms with Crippen molar-refractivity contribution in [2.45, 2.75) is 6.92 Å². The summed E-state index contributed by atoms with van der Waals surface area (Å²) < 4.78 is 3.36. The lowest BCUT2D eigenvalue weighted by Crippen LogP contribution is -2.30. The van der Waals surface area contributed by atoms with E-state index < -0.39 is 0 Å². The summed E-state index contributed by atoms with van der Waals surface area (Å²) in [6.45, 7) is 3.92. The van der Waals surface area contributed by atoms with Gasteiger partial charge in [-0.05, 0) is 36.1 Å². The minimum Gasteiger partial charge on any atom is -0.352 e. The Kier molecular flexibility index (Phi) is 3.24. The van der Waals surface area contributed by atoms with Crippen LogP contribution in [0.4, 0.5) is 5.95 Å². The van der Waals surface area contributed by atoms with Crippen LogP contribution in [0.1, 0.15) is 5.56 Å². The molecule has 3 aromatic heterocycles. The van der Waals surface area contributed by atoms with E-state index in [1.165, 1.54) is 20.5 Å². The third-order valence-corrected chi connectivity index (χ3v) is 5.85. The van der Waals surface area contributed by atoms with Gasteiger partial charge in [-0.15, -0.1) is 11.3 Å². The number of hydrogen-bond donors (Lipinski definition) is 2. The number of nitrogens with zero attached hydrogens (tertiary/aromatic N) is 3. The minimum atomic E-state index is 0.866. The molecule has 0 radical (unpaired) electrons. The minimum absolute atomic E-state index is 0.866. The van der Waals surface area contributed by atoms with Crippen LogP contribution in [0.15, 0.2) is 48.8 Å². The van der Waals surface area contributed by atoms with Gasteiger partial charge in [0.15, 0.2) is 0 Å². The molecule has 5 rings (SSSR count). The molecule has 124 valence electrons. The van der Waals surface area contributed by atoms with E-state index in [-0.39, 0.29) is 0 Å². The molecule has 6 heteroatoms. The molecule has 0 bridgehead atoms. The van der Waals surface area contributed by atoms with E-state index in [0.29, 0.717) is 0 Å². The van der Waals surface area contributed by atoms with E-state index in [1.807, 2.05) is 24.5 Å². The molecule has 0 unspecified atom stereocenters. The highest BCUT2D eigenvalue weighted by atomic mass is 32.1. The fourth-order valence-electron chi connectivity index (χ4n) is 3.37. The maximum atomic E-state index is 4.93. The fraction of sp³-hybridized carbons (Fsp3) is 0.158. The highest BCUT2D eigenvalue weighted by Gasteiger charge is 2.24. The SMILES string of the molecule is Cc1c(-c2nc3n(c2-c2ccncc2)NCCN3)sc2ccccc12. The van der Waals surface area contributed by atoms with Crippen molar-refractivity contribution in [3.63, 3.8) is 0 Å². The Morgan fingerprint density at radius 2 is 1.92 bits per heavy atom. The van der Waals surface area contributed by atoms with E-state index in [4.69, 9.17) is 4.98 Å². The molecule has 0 spiro atoms. The van der Waals surface area contributed by atoms with Crippen LogP contribution in [0.2, 0.25) is 0 Å². The summed E-state index contributed by atoms with van der Waals surface area (Å²) in [5.74, 6) is 0.866. The second kappa shape index (κ2) is 5.60. The van der Waals surface area contributed by atoms with Crippen molar-refractivity contribution in [3.05, 3.63) is 54.4 Å². The van der Waals surface area contributed by atoms with Crippen molar-refractivity contribution < 1.29 is 0 Å². The number of benzene rings is 1. The number of aromatic nitrogens is 3. The lowest BCUT2D eigenvalue weighted by atomic mass is 10.1. The van der Waals surface area contributed by atoms with Crippen molar-refractivity contribution in [2.75, 3.05) is 23.8 Å². The van der Waals surface area contributed by atoms with Gasteiger partial charge in [0.05, 0.1) is 4.88 Å². The molecule has 0 saturated carbocycles. The number of rotatable bonds is 2. The maximum absolute atomic E-state index is 4.93. The molecule has 0 atom stereocenters. The van der Waals surface area contributed by atoms with Gasteiger partial charge in [-0.2, -0.15) is 0 Å². The Bertz CT molecular complexity index is 1060. The lowest BCUT2D eigenvalue weighted by molar-refractivity contribution is 0.798. The smallest absolute Gasteiger partial charge is 0.223 e. The summed E-state index contributed by atoms with van der Waals surface area (Å²) >= 11 is 1.80. The first-order valence-corrected chi connectivity index (χ1v) is 9.14. The zero-order valence-electron chi connectivity index (χ0n) is 13.8. The maximum Gasteiger partial charge on any atom is 0.223 e. The van der Waals surface area contributed by atoms with Crippen LogP contribution in [-0.2, 0) is 0 Å². The molecule has 25 heavy (non-hydrogen) atoms. The van der Waals surface area contributed by atoms with Crippen LogP contribution < -0.4 is 10.7 Å². The van der Waals surface area contributed by atoms with Gasteiger partial charge in [-0.25, -0.2) is 9.66 Å². The number of fused-ring (bicyclic) bond motifs is 2. The normalized spacial score (nSPS) is 13.3. The zero-order valence-corrected chi connectivity index (χ0v) is 14.6. The molecule has 0 amide bonds. The number of hydrogen-bond acceptors (Lipinski definition) is 5. The van der Waals surface area contributed by atoms with Crippen LogP contribution in [0.5, 0.6) is 0 Å². The van der Waals surface area contributed by atoms with Crippen LogP contribution in [0.3, 0.4) is 0 Å². The molecule has 0 aliphatic carbocycles. The van der Waals surface area contributed by atoms with Crippen LogP contribution in [0.25, 0.3) is 31.9 Å². The van der Waals surface area contributed by atoms with E-state index in [2.05, 4.69) is 51.6 Å². The fourth-order valence-corrected chi connectivity index (χ4v) is 4.57. The summed E-state index contributed by atoms with van der Waals surface area (Å²) in [5, 5.41) is 4.70. The largest absolute Gasteiger partial charge is 0.352 e. The van der Waals surface area contributed by atoms with E-state index >= 15 is 0 Å². The van der Waals surface area contributed by atoms with Gasteiger partial charge in [-0.3, -0.25) is 4.98 Å². The summed E-state index contributed by atoms with van der Waals surface area (Å²) in [7, 11) is 0. The first kappa shape index (κ1) is 14.5. The monoisotopic (exact) mass is 347 g/mol. The van der Waals surface area contributed by atoms with E-state index in [0.717, 1.165) is 36.0 Å². The van der Waals surface area contributed by atoms with Crippen molar-refractivity contribution in [1.29, 1.82) is 0 Å². The summed E-state index contributed by atoms with van der Waals surface area (Å²) in [6, 6.07) is 12.6. The second-order valence-corrected chi connectivity index (χ2v) is 7.14. The summed E-state index contributed by atoms with van der Waals surface area (Å²) in [4.78, 5) is 10.3. The van der Waals surface area contributed by atoms with Crippen molar-refractivity contribution in [2.24, 2.45) is 0 Å². The van der Waals surface area contributed by atoms with Gasteiger partial charge in [0, 0.05) is 35.7 Å². The standard InChI is InChI=1S/C19H17N5S/c1-12-14-4-2-3-5-15(14)25-18(12)16-17(13-6-8-20-9-7-13)24-19(23-16)21-10-11-22-24/h2-9,22H,10-11H2,1H3,(H,21,23). The molecule has 2 N–H and O–H groups in total. The van der Waals surface area contributed by atoms with Crippen molar-refractivity contribution in [1.82, 2.24) is 14.6 Å². The molecule has 5 nitrogen and oxygen atoms in total. The number of nitrogens with one attached hydrogen (secondary N) is 2. The third-order valence-electron chi connectivity index (χ3n) is 4.57. The lowest BCUT2D eigenvalue weighted by Gasteiger charge is -2.20. The zero-order chi connectivity index (χ0) is 16.8. The topological polar surface area (TPSA) is 54.8 Å². The molecular weight excluding hydrogens is 330 g/mol. The predicted octanol–water partition coefficient (Wildman–Crippen LogP) is 4.10. The Morgan fingerprint density at radius 3 is 2.76 bits per heavy atom. The highest BCUT2D eigenvalue weighted by molar-refractivity contribution is 7.22. The van der Waals surface area contributed by atoms with Gasteiger partial charge in [-0.1, -0.05) is 18.2 Å². The Hall–Kier alpha value is -2.86. The summed E-state index contributed by atoms with van der Waals surface area (Å²) in [5.41, 5.74) is 7.94. The molecule has 0 saturated heterocycles. The van der Waals surface area contributed by atoms with Crippen LogP contribution in [0, 0.1) is 6.92 Å². The molecule has 4 aromatic rings. The van der Waals surface area contributed by atoms with Crippen molar-refractivity contribution >= 4 is 27.4 Å². The van der Waals surface area contributed by atoms with Gasteiger partial charge in [0.2, 0.25) is 5.95 Å². The number of anilines is 1.